The second-order valence-electron chi connectivity index (χ2n) is 6.00. The van der Waals surface area contributed by atoms with Crippen LogP contribution in [0, 0.1) is 11.6 Å². The minimum absolute atomic E-state index is 0.458. The summed E-state index contributed by atoms with van der Waals surface area (Å²) >= 11 is 0. The maximum Gasteiger partial charge on any atom is 0.259 e. The fourth-order valence-electron chi connectivity index (χ4n) is 2.90. The lowest BCUT2D eigenvalue weighted by atomic mass is 10.1. The number of hydrogen-bond acceptors (Lipinski definition) is 2. The van der Waals surface area contributed by atoms with Crippen molar-refractivity contribution < 1.29 is 13.6 Å². The third-order valence-corrected chi connectivity index (χ3v) is 4.31. The highest BCUT2D eigenvalue weighted by molar-refractivity contribution is 5.94. The summed E-state index contributed by atoms with van der Waals surface area (Å²) in [4.78, 5) is 16.1. The van der Waals surface area contributed by atoms with E-state index in [-0.39, 0.29) is 0 Å². The highest BCUT2D eigenvalue weighted by Gasteiger charge is 2.26. The predicted molar refractivity (Wildman–Crippen MR) is 94.2 cm³/mol. The fraction of sp³-hybridized carbons (Fsp3) is 0.250. The predicted octanol–water partition coefficient (Wildman–Crippen LogP) is 3.44. The van der Waals surface area contributed by atoms with E-state index in [9.17, 15) is 13.6 Å². The van der Waals surface area contributed by atoms with E-state index < -0.39 is 23.1 Å². The zero-order valence-electron chi connectivity index (χ0n) is 13.9. The van der Waals surface area contributed by atoms with Crippen LogP contribution < -0.4 is 0 Å². The lowest BCUT2D eigenvalue weighted by molar-refractivity contribution is 0.0640. The topological polar surface area (TPSA) is 23.6 Å². The van der Waals surface area contributed by atoms with Gasteiger partial charge in [-0.1, -0.05) is 48.6 Å². The van der Waals surface area contributed by atoms with Gasteiger partial charge in [-0.05, 0) is 17.7 Å². The first-order chi connectivity index (χ1) is 12.1. The Bertz CT molecular complexity index is 733. The monoisotopic (exact) mass is 342 g/mol. The molecule has 0 unspecified atom stereocenters. The molecule has 5 heteroatoms. The molecule has 0 aromatic heterocycles. The minimum Gasteiger partial charge on any atom is -0.336 e. The van der Waals surface area contributed by atoms with E-state index in [4.69, 9.17) is 0 Å². The lowest BCUT2D eigenvalue weighted by Gasteiger charge is -2.34. The van der Waals surface area contributed by atoms with Gasteiger partial charge in [-0.3, -0.25) is 9.69 Å². The third-order valence-electron chi connectivity index (χ3n) is 4.31. The third kappa shape index (κ3) is 4.31. The average molecular weight is 342 g/mol. The Hall–Kier alpha value is -2.53. The highest BCUT2D eigenvalue weighted by Crippen LogP contribution is 2.16. The molecule has 0 N–H and O–H groups in total. The Morgan fingerprint density at radius 3 is 2.20 bits per heavy atom. The summed E-state index contributed by atoms with van der Waals surface area (Å²) in [7, 11) is 0. The van der Waals surface area contributed by atoms with Crippen LogP contribution in [0.3, 0.4) is 0 Å². The van der Waals surface area contributed by atoms with Gasteiger partial charge < -0.3 is 4.90 Å². The summed E-state index contributed by atoms with van der Waals surface area (Å²) in [6.07, 6.45) is 4.15. The Morgan fingerprint density at radius 2 is 1.56 bits per heavy atom. The zero-order chi connectivity index (χ0) is 17.6. The number of hydrogen-bond donors (Lipinski definition) is 0. The number of rotatable bonds is 4. The minimum atomic E-state index is -0.807. The first kappa shape index (κ1) is 17.3. The van der Waals surface area contributed by atoms with Crippen LogP contribution >= 0.6 is 0 Å². The summed E-state index contributed by atoms with van der Waals surface area (Å²) in [5.74, 6) is -2.19. The van der Waals surface area contributed by atoms with Gasteiger partial charge in [0.1, 0.15) is 17.2 Å². The summed E-state index contributed by atoms with van der Waals surface area (Å²) in [5, 5.41) is 0. The second kappa shape index (κ2) is 8.03. The molecule has 0 atom stereocenters. The molecule has 1 amide bonds. The van der Waals surface area contributed by atoms with Gasteiger partial charge in [0.2, 0.25) is 0 Å². The molecule has 1 aliphatic rings. The van der Waals surface area contributed by atoms with Crippen molar-refractivity contribution in [1.82, 2.24) is 9.80 Å². The number of carbonyl (C=O) groups excluding carboxylic acids is 1. The van der Waals surface area contributed by atoms with Crippen LogP contribution in [-0.4, -0.2) is 48.4 Å². The van der Waals surface area contributed by atoms with Crippen LogP contribution in [0.1, 0.15) is 15.9 Å². The Kier molecular flexibility index (Phi) is 5.56. The number of piperazine rings is 1. The standard InChI is InChI=1S/C20H20F2N2O/c21-17-9-4-10-18(22)19(17)20(25)24-14-12-23(13-15-24)11-5-8-16-6-2-1-3-7-16/h1-10H,11-15H2/b8-5+. The van der Waals surface area contributed by atoms with Crippen molar-refractivity contribution in [2.24, 2.45) is 0 Å². The number of halogens is 2. The molecule has 1 fully saturated rings. The quantitative estimate of drug-likeness (QED) is 0.850. The molecular weight excluding hydrogens is 322 g/mol. The van der Waals surface area contributed by atoms with E-state index >= 15 is 0 Å². The molecule has 2 aromatic rings. The van der Waals surface area contributed by atoms with E-state index in [1.165, 1.54) is 11.0 Å². The van der Waals surface area contributed by atoms with Crippen molar-refractivity contribution in [2.75, 3.05) is 32.7 Å². The molecule has 1 heterocycles. The normalized spacial score (nSPS) is 15.7. The van der Waals surface area contributed by atoms with E-state index in [1.807, 2.05) is 30.3 Å². The Balaban J connectivity index is 1.53. The number of amides is 1. The van der Waals surface area contributed by atoms with Crippen molar-refractivity contribution in [3.05, 3.63) is 77.4 Å². The molecule has 0 saturated carbocycles. The largest absolute Gasteiger partial charge is 0.336 e. The first-order valence-electron chi connectivity index (χ1n) is 8.32. The molecule has 0 bridgehead atoms. The SMILES string of the molecule is O=C(c1c(F)cccc1F)N1CCN(C/C=C/c2ccccc2)CC1. The van der Waals surface area contributed by atoms with Gasteiger partial charge in [0.15, 0.2) is 0 Å². The van der Waals surface area contributed by atoms with Crippen molar-refractivity contribution in [3.63, 3.8) is 0 Å². The molecule has 1 aliphatic heterocycles. The van der Waals surface area contributed by atoms with Crippen LogP contribution in [0.15, 0.2) is 54.6 Å². The van der Waals surface area contributed by atoms with E-state index in [2.05, 4.69) is 17.1 Å². The van der Waals surface area contributed by atoms with Crippen molar-refractivity contribution in [3.8, 4) is 0 Å². The summed E-state index contributed by atoms with van der Waals surface area (Å²) in [5.41, 5.74) is 0.686. The zero-order valence-corrected chi connectivity index (χ0v) is 13.9. The maximum absolute atomic E-state index is 13.8. The highest BCUT2D eigenvalue weighted by atomic mass is 19.1. The molecule has 0 spiro atoms. The van der Waals surface area contributed by atoms with Gasteiger partial charge in [-0.15, -0.1) is 0 Å². The number of nitrogens with zero attached hydrogens (tertiary/aromatic N) is 2. The van der Waals surface area contributed by atoms with Crippen LogP contribution in [0.5, 0.6) is 0 Å². The lowest BCUT2D eigenvalue weighted by Crippen LogP contribution is -2.49. The fourth-order valence-corrected chi connectivity index (χ4v) is 2.90. The van der Waals surface area contributed by atoms with Crippen molar-refractivity contribution in [1.29, 1.82) is 0 Å². The van der Waals surface area contributed by atoms with Gasteiger partial charge in [0, 0.05) is 32.7 Å². The van der Waals surface area contributed by atoms with Gasteiger partial charge >= 0.3 is 0 Å². The van der Waals surface area contributed by atoms with E-state index in [1.54, 1.807) is 0 Å². The molecule has 1 saturated heterocycles. The van der Waals surface area contributed by atoms with Crippen molar-refractivity contribution >= 4 is 12.0 Å². The Morgan fingerprint density at radius 1 is 0.920 bits per heavy atom. The maximum atomic E-state index is 13.8. The molecule has 130 valence electrons. The van der Waals surface area contributed by atoms with E-state index in [0.29, 0.717) is 26.2 Å². The molecule has 0 aliphatic carbocycles. The van der Waals surface area contributed by atoms with Crippen LogP contribution in [0.2, 0.25) is 0 Å². The molecular formula is C20H20F2N2O. The second-order valence-corrected chi connectivity index (χ2v) is 6.00. The van der Waals surface area contributed by atoms with Crippen molar-refractivity contribution in [2.45, 2.75) is 0 Å². The summed E-state index contributed by atoms with van der Waals surface area (Å²) in [6, 6.07) is 13.5. The van der Waals surface area contributed by atoms with Gasteiger partial charge in [0.25, 0.3) is 5.91 Å². The summed E-state index contributed by atoms with van der Waals surface area (Å²) in [6.45, 7) is 3.07. The van der Waals surface area contributed by atoms with E-state index in [0.717, 1.165) is 24.2 Å². The molecule has 3 rings (SSSR count). The van der Waals surface area contributed by atoms with Gasteiger partial charge in [-0.2, -0.15) is 0 Å². The van der Waals surface area contributed by atoms with Crippen LogP contribution in [0.25, 0.3) is 6.08 Å². The molecule has 2 aromatic carbocycles. The Labute approximate surface area is 146 Å². The molecule has 25 heavy (non-hydrogen) atoms. The number of carbonyl (C=O) groups is 1. The first-order valence-corrected chi connectivity index (χ1v) is 8.32. The van der Waals surface area contributed by atoms with Crippen LogP contribution in [-0.2, 0) is 0 Å². The average Bonchev–Trinajstić information content (AvgIpc) is 2.63. The van der Waals surface area contributed by atoms with Gasteiger partial charge in [0.05, 0.1) is 0 Å². The van der Waals surface area contributed by atoms with Crippen LogP contribution in [0.4, 0.5) is 8.78 Å². The molecule has 0 radical (unpaired) electrons. The smallest absolute Gasteiger partial charge is 0.259 e. The number of benzene rings is 2. The van der Waals surface area contributed by atoms with Gasteiger partial charge in [-0.25, -0.2) is 8.78 Å². The molecule has 3 nitrogen and oxygen atoms in total. The summed E-state index contributed by atoms with van der Waals surface area (Å²) < 4.78 is 27.5.